The van der Waals surface area contributed by atoms with Crippen LogP contribution in [0.1, 0.15) is 26.0 Å². The average Bonchev–Trinajstić information content (AvgIpc) is 2.94. The summed E-state index contributed by atoms with van der Waals surface area (Å²) < 4.78 is 13.2. The van der Waals surface area contributed by atoms with Gasteiger partial charge in [0.05, 0.1) is 20.3 Å². The maximum atomic E-state index is 5.53. The van der Waals surface area contributed by atoms with Crippen LogP contribution in [0.2, 0.25) is 0 Å². The van der Waals surface area contributed by atoms with Crippen molar-refractivity contribution in [2.24, 2.45) is 0 Å². The van der Waals surface area contributed by atoms with Crippen molar-refractivity contribution in [2.75, 3.05) is 19.0 Å². The highest BCUT2D eigenvalue weighted by atomic mass is 16.5. The minimum Gasteiger partial charge on any atom is -0.493 e. The van der Waals surface area contributed by atoms with E-state index >= 15 is 0 Å². The standard InChI is InChI=1S/C17H24N2O2/c1-4-10-19-11-6-7-15(19)13-18-14-8-9-16(21-5-2)17(12-14)20-3/h6-9,11-12,18H,4-5,10,13H2,1-3H3. The van der Waals surface area contributed by atoms with Crippen LogP contribution in [-0.4, -0.2) is 18.3 Å². The monoisotopic (exact) mass is 288 g/mol. The smallest absolute Gasteiger partial charge is 0.162 e. The zero-order valence-corrected chi connectivity index (χ0v) is 13.1. The molecule has 0 amide bonds. The van der Waals surface area contributed by atoms with E-state index in [9.17, 15) is 0 Å². The Bertz CT molecular complexity index is 564. The third-order valence-corrected chi connectivity index (χ3v) is 3.33. The second-order valence-electron chi connectivity index (χ2n) is 4.85. The minimum atomic E-state index is 0.633. The van der Waals surface area contributed by atoms with E-state index in [1.54, 1.807) is 7.11 Å². The Morgan fingerprint density at radius 3 is 2.71 bits per heavy atom. The van der Waals surface area contributed by atoms with Crippen molar-refractivity contribution in [1.29, 1.82) is 0 Å². The molecular formula is C17H24N2O2. The topological polar surface area (TPSA) is 35.4 Å². The van der Waals surface area contributed by atoms with Gasteiger partial charge in [-0.05, 0) is 37.6 Å². The Morgan fingerprint density at radius 2 is 2.00 bits per heavy atom. The van der Waals surface area contributed by atoms with Gasteiger partial charge in [0, 0.05) is 30.2 Å². The summed E-state index contributed by atoms with van der Waals surface area (Å²) in [5.74, 6) is 1.53. The third-order valence-electron chi connectivity index (χ3n) is 3.33. The van der Waals surface area contributed by atoms with Crippen LogP contribution in [0, 0.1) is 0 Å². The van der Waals surface area contributed by atoms with Gasteiger partial charge in [0.15, 0.2) is 11.5 Å². The fourth-order valence-corrected chi connectivity index (χ4v) is 2.31. The predicted molar refractivity (Wildman–Crippen MR) is 86.2 cm³/mol. The highest BCUT2D eigenvalue weighted by Gasteiger charge is 2.06. The Hall–Kier alpha value is -2.10. The molecule has 0 fully saturated rings. The molecule has 2 aromatic rings. The summed E-state index contributed by atoms with van der Waals surface area (Å²) in [6.07, 6.45) is 3.26. The number of methoxy groups -OCH3 is 1. The lowest BCUT2D eigenvalue weighted by Gasteiger charge is -2.13. The Balaban J connectivity index is 2.04. The Kier molecular flexibility index (Phi) is 5.55. The van der Waals surface area contributed by atoms with E-state index in [0.29, 0.717) is 6.61 Å². The molecule has 1 heterocycles. The average molecular weight is 288 g/mol. The molecule has 114 valence electrons. The van der Waals surface area contributed by atoms with Crippen LogP contribution >= 0.6 is 0 Å². The van der Waals surface area contributed by atoms with Gasteiger partial charge >= 0.3 is 0 Å². The number of hydrogen-bond donors (Lipinski definition) is 1. The fraction of sp³-hybridized carbons (Fsp3) is 0.412. The summed E-state index contributed by atoms with van der Waals surface area (Å²) >= 11 is 0. The first kappa shape index (κ1) is 15.3. The normalized spacial score (nSPS) is 10.4. The molecular weight excluding hydrogens is 264 g/mol. The SMILES string of the molecule is CCCn1cccc1CNc1ccc(OCC)c(OC)c1. The molecule has 4 heteroatoms. The van der Waals surface area contributed by atoms with Crippen LogP contribution in [0.25, 0.3) is 0 Å². The zero-order valence-electron chi connectivity index (χ0n) is 13.1. The lowest BCUT2D eigenvalue weighted by Crippen LogP contribution is -2.07. The summed E-state index contributed by atoms with van der Waals surface area (Å²) in [5.41, 5.74) is 2.31. The molecule has 21 heavy (non-hydrogen) atoms. The molecule has 0 spiro atoms. The van der Waals surface area contributed by atoms with Gasteiger partial charge < -0.3 is 19.4 Å². The van der Waals surface area contributed by atoms with Crippen LogP contribution < -0.4 is 14.8 Å². The van der Waals surface area contributed by atoms with Crippen molar-refractivity contribution >= 4 is 5.69 Å². The molecule has 0 radical (unpaired) electrons. The Labute approximate surface area is 126 Å². The van der Waals surface area contributed by atoms with Crippen molar-refractivity contribution in [3.05, 3.63) is 42.2 Å². The van der Waals surface area contributed by atoms with E-state index in [1.807, 2.05) is 25.1 Å². The number of rotatable bonds is 8. The van der Waals surface area contributed by atoms with E-state index in [2.05, 4.69) is 35.1 Å². The van der Waals surface area contributed by atoms with E-state index in [0.717, 1.165) is 36.7 Å². The number of benzene rings is 1. The van der Waals surface area contributed by atoms with Crippen molar-refractivity contribution in [2.45, 2.75) is 33.4 Å². The summed E-state index contributed by atoms with van der Waals surface area (Å²) in [6.45, 7) is 6.64. The quantitative estimate of drug-likeness (QED) is 0.799. The molecule has 0 saturated carbocycles. The number of nitrogens with zero attached hydrogens (tertiary/aromatic N) is 1. The molecule has 0 saturated heterocycles. The summed E-state index contributed by atoms with van der Waals surface area (Å²) in [6, 6.07) is 10.2. The first-order valence-electron chi connectivity index (χ1n) is 7.47. The van der Waals surface area contributed by atoms with Crippen LogP contribution in [-0.2, 0) is 13.1 Å². The van der Waals surface area contributed by atoms with Crippen molar-refractivity contribution < 1.29 is 9.47 Å². The van der Waals surface area contributed by atoms with Gasteiger partial charge in [0.25, 0.3) is 0 Å². The van der Waals surface area contributed by atoms with Crippen LogP contribution in [0.4, 0.5) is 5.69 Å². The number of anilines is 1. The summed E-state index contributed by atoms with van der Waals surface area (Å²) in [4.78, 5) is 0. The van der Waals surface area contributed by atoms with Gasteiger partial charge in [-0.25, -0.2) is 0 Å². The second kappa shape index (κ2) is 7.62. The van der Waals surface area contributed by atoms with Gasteiger partial charge in [-0.15, -0.1) is 0 Å². The van der Waals surface area contributed by atoms with Gasteiger partial charge in [-0.1, -0.05) is 6.92 Å². The van der Waals surface area contributed by atoms with Crippen LogP contribution in [0.3, 0.4) is 0 Å². The molecule has 1 aromatic carbocycles. The summed E-state index contributed by atoms with van der Waals surface area (Å²) in [5, 5.41) is 3.43. The Morgan fingerprint density at radius 1 is 1.14 bits per heavy atom. The number of ether oxygens (including phenoxy) is 2. The van der Waals surface area contributed by atoms with E-state index in [1.165, 1.54) is 5.69 Å². The lowest BCUT2D eigenvalue weighted by molar-refractivity contribution is 0.311. The van der Waals surface area contributed by atoms with Gasteiger partial charge in [-0.2, -0.15) is 0 Å². The van der Waals surface area contributed by atoms with E-state index in [-0.39, 0.29) is 0 Å². The molecule has 0 aliphatic carbocycles. The largest absolute Gasteiger partial charge is 0.493 e. The summed E-state index contributed by atoms with van der Waals surface area (Å²) in [7, 11) is 1.66. The number of hydrogen-bond acceptors (Lipinski definition) is 3. The maximum Gasteiger partial charge on any atom is 0.162 e. The van der Waals surface area contributed by atoms with Crippen molar-refractivity contribution in [1.82, 2.24) is 4.57 Å². The van der Waals surface area contributed by atoms with Crippen LogP contribution in [0.5, 0.6) is 11.5 Å². The number of aromatic nitrogens is 1. The molecule has 0 aliphatic rings. The third kappa shape index (κ3) is 3.94. The lowest BCUT2D eigenvalue weighted by atomic mass is 10.2. The molecule has 0 atom stereocenters. The second-order valence-corrected chi connectivity index (χ2v) is 4.85. The molecule has 4 nitrogen and oxygen atoms in total. The molecule has 1 aromatic heterocycles. The van der Waals surface area contributed by atoms with Crippen molar-refractivity contribution in [3.63, 3.8) is 0 Å². The first-order chi connectivity index (χ1) is 10.3. The van der Waals surface area contributed by atoms with E-state index < -0.39 is 0 Å². The molecule has 0 unspecified atom stereocenters. The molecule has 0 bridgehead atoms. The first-order valence-corrected chi connectivity index (χ1v) is 7.47. The minimum absolute atomic E-state index is 0.633. The van der Waals surface area contributed by atoms with Crippen molar-refractivity contribution in [3.8, 4) is 11.5 Å². The highest BCUT2D eigenvalue weighted by Crippen LogP contribution is 2.30. The molecule has 1 N–H and O–H groups in total. The predicted octanol–water partition coefficient (Wildman–Crippen LogP) is 3.92. The van der Waals surface area contributed by atoms with Gasteiger partial charge in [-0.3, -0.25) is 0 Å². The number of aryl methyl sites for hydroxylation is 1. The van der Waals surface area contributed by atoms with Gasteiger partial charge in [0.2, 0.25) is 0 Å². The fourth-order valence-electron chi connectivity index (χ4n) is 2.31. The zero-order chi connectivity index (χ0) is 15.1. The molecule has 0 aliphatic heterocycles. The molecule has 2 rings (SSSR count). The maximum absolute atomic E-state index is 5.53. The van der Waals surface area contributed by atoms with Crippen LogP contribution in [0.15, 0.2) is 36.5 Å². The highest BCUT2D eigenvalue weighted by molar-refractivity contribution is 5.54. The van der Waals surface area contributed by atoms with Gasteiger partial charge in [0.1, 0.15) is 0 Å². The number of nitrogens with one attached hydrogen (secondary N) is 1. The van der Waals surface area contributed by atoms with E-state index in [4.69, 9.17) is 9.47 Å².